The first-order valence-corrected chi connectivity index (χ1v) is 4.30. The molecule has 1 nitrogen and oxygen atoms in total. The van der Waals surface area contributed by atoms with Crippen molar-refractivity contribution in [3.63, 3.8) is 0 Å². The molecule has 1 rings (SSSR count). The van der Waals surface area contributed by atoms with Crippen LogP contribution < -0.4 is 4.74 Å². The fourth-order valence-corrected chi connectivity index (χ4v) is 1.26. The predicted octanol–water partition coefficient (Wildman–Crippen LogP) is 3.13. The molecule has 0 aliphatic heterocycles. The summed E-state index contributed by atoms with van der Waals surface area (Å²) in [6.07, 6.45) is 1.86. The molecule has 0 atom stereocenters. The summed E-state index contributed by atoms with van der Waals surface area (Å²) in [5.41, 5.74) is 2.45. The molecule has 1 heteroatoms. The van der Waals surface area contributed by atoms with Gasteiger partial charge in [-0.05, 0) is 30.2 Å². The quantitative estimate of drug-likeness (QED) is 0.685. The van der Waals surface area contributed by atoms with Gasteiger partial charge < -0.3 is 4.74 Å². The van der Waals surface area contributed by atoms with Crippen LogP contribution in [0.4, 0.5) is 0 Å². The summed E-state index contributed by atoms with van der Waals surface area (Å²) < 4.78 is 5.16. The lowest BCUT2D eigenvalue weighted by Crippen LogP contribution is -1.95. The molecule has 0 fully saturated rings. The number of hydrogen-bond acceptors (Lipinski definition) is 1. The molecule has 0 bridgehead atoms. The van der Waals surface area contributed by atoms with Gasteiger partial charge in [0.05, 0.1) is 7.11 Å². The third-order valence-electron chi connectivity index (χ3n) is 2.18. The van der Waals surface area contributed by atoms with E-state index in [2.05, 4.69) is 26.5 Å². The average molecular weight is 175 g/mol. The topological polar surface area (TPSA) is 9.23 Å². The molecule has 0 saturated heterocycles. The van der Waals surface area contributed by atoms with Gasteiger partial charge in [-0.2, -0.15) is 0 Å². The number of ether oxygens (including phenoxy) is 1. The van der Waals surface area contributed by atoms with Crippen molar-refractivity contribution in [3.8, 4) is 5.75 Å². The predicted molar refractivity (Wildman–Crippen MR) is 55.9 cm³/mol. The number of hydrogen-bond donors (Lipinski definition) is 0. The highest BCUT2D eigenvalue weighted by atomic mass is 16.5. The van der Waals surface area contributed by atoms with Crippen molar-refractivity contribution in [2.24, 2.45) is 0 Å². The van der Waals surface area contributed by atoms with Crippen molar-refractivity contribution in [3.05, 3.63) is 47.9 Å². The molecule has 0 spiro atoms. The van der Waals surface area contributed by atoms with Crippen LogP contribution in [0.2, 0.25) is 0 Å². The molecule has 0 heterocycles. The van der Waals surface area contributed by atoms with Crippen LogP contribution in [0.15, 0.2) is 30.9 Å². The molecule has 69 valence electrons. The zero-order valence-corrected chi connectivity index (χ0v) is 8.42. The minimum Gasteiger partial charge on any atom is -0.497 e. The maximum absolute atomic E-state index is 5.16. The molecule has 0 aliphatic rings. The van der Waals surface area contributed by atoms with Crippen molar-refractivity contribution in [1.82, 2.24) is 0 Å². The fraction of sp³-hybridized carbons (Fsp3) is 0.250. The minimum absolute atomic E-state index is 0.891. The lowest BCUT2D eigenvalue weighted by Gasteiger charge is -2.11. The summed E-state index contributed by atoms with van der Waals surface area (Å²) >= 11 is 0. The first-order chi connectivity index (χ1) is 6.19. The Morgan fingerprint density at radius 3 is 2.69 bits per heavy atom. The van der Waals surface area contributed by atoms with E-state index in [0.717, 1.165) is 5.75 Å². The molecule has 0 saturated carbocycles. The summed E-state index contributed by atoms with van der Waals surface area (Å²) in [4.78, 5) is 0. The lowest BCUT2D eigenvalue weighted by molar-refractivity contribution is 0.414. The number of aryl methyl sites for hydroxylation is 1. The first kappa shape index (κ1) is 9.85. The van der Waals surface area contributed by atoms with Crippen LogP contribution >= 0.6 is 0 Å². The maximum atomic E-state index is 5.16. The van der Waals surface area contributed by atoms with E-state index in [0.29, 0.717) is 0 Å². The number of methoxy groups -OCH3 is 1. The highest BCUT2D eigenvalue weighted by Gasteiger charge is 2.06. The monoisotopic (exact) mass is 175 g/mol. The van der Waals surface area contributed by atoms with Gasteiger partial charge in [0, 0.05) is 5.92 Å². The molecule has 13 heavy (non-hydrogen) atoms. The van der Waals surface area contributed by atoms with Crippen LogP contribution in [-0.4, -0.2) is 7.11 Å². The third kappa shape index (κ3) is 2.11. The summed E-state index contributed by atoms with van der Waals surface area (Å²) in [6, 6.07) is 6.06. The second-order valence-electron chi connectivity index (χ2n) is 3.07. The molecule has 0 aromatic heterocycles. The second-order valence-corrected chi connectivity index (χ2v) is 3.07. The molecule has 0 amide bonds. The van der Waals surface area contributed by atoms with Gasteiger partial charge in [0.2, 0.25) is 0 Å². The fourth-order valence-electron chi connectivity index (χ4n) is 1.26. The Balaban J connectivity index is 3.10. The van der Waals surface area contributed by atoms with Crippen molar-refractivity contribution >= 4 is 0 Å². The van der Waals surface area contributed by atoms with E-state index in [-0.39, 0.29) is 0 Å². The Bertz CT molecular complexity index is 302. The molecular weight excluding hydrogens is 160 g/mol. The van der Waals surface area contributed by atoms with Crippen molar-refractivity contribution < 1.29 is 4.74 Å². The van der Waals surface area contributed by atoms with Crippen LogP contribution in [0, 0.1) is 12.8 Å². The van der Waals surface area contributed by atoms with Gasteiger partial charge >= 0.3 is 0 Å². The van der Waals surface area contributed by atoms with Crippen molar-refractivity contribution in [1.29, 1.82) is 0 Å². The van der Waals surface area contributed by atoms with Crippen molar-refractivity contribution in [2.75, 3.05) is 7.11 Å². The Morgan fingerprint density at radius 1 is 1.46 bits per heavy atom. The van der Waals surface area contributed by atoms with Gasteiger partial charge in [-0.3, -0.25) is 0 Å². The zero-order chi connectivity index (χ0) is 9.84. The summed E-state index contributed by atoms with van der Waals surface area (Å²) in [5.74, 6) is 2.07. The van der Waals surface area contributed by atoms with E-state index in [1.54, 1.807) is 7.11 Å². The maximum Gasteiger partial charge on any atom is 0.119 e. The summed E-state index contributed by atoms with van der Waals surface area (Å²) in [5, 5.41) is 0. The Hall–Kier alpha value is -1.24. The van der Waals surface area contributed by atoms with Crippen LogP contribution in [0.1, 0.15) is 18.1 Å². The molecule has 1 radical (unpaired) electrons. The first-order valence-electron chi connectivity index (χ1n) is 4.30. The Kier molecular flexibility index (Phi) is 3.13. The largest absolute Gasteiger partial charge is 0.497 e. The van der Waals surface area contributed by atoms with Gasteiger partial charge in [0.1, 0.15) is 5.75 Å². The van der Waals surface area contributed by atoms with E-state index in [4.69, 9.17) is 4.74 Å². The SMILES string of the molecule is C=C[C](C)c1cc(OC)ccc1C. The molecule has 1 aromatic rings. The van der Waals surface area contributed by atoms with E-state index in [1.807, 2.05) is 18.2 Å². The van der Waals surface area contributed by atoms with Gasteiger partial charge in [0.25, 0.3) is 0 Å². The van der Waals surface area contributed by atoms with Crippen molar-refractivity contribution in [2.45, 2.75) is 13.8 Å². The van der Waals surface area contributed by atoms with E-state index in [9.17, 15) is 0 Å². The zero-order valence-electron chi connectivity index (χ0n) is 8.42. The van der Waals surface area contributed by atoms with Crippen LogP contribution in [0.5, 0.6) is 5.75 Å². The molecule has 0 N–H and O–H groups in total. The van der Waals surface area contributed by atoms with E-state index < -0.39 is 0 Å². The molecular formula is C12H15O. The highest BCUT2D eigenvalue weighted by Crippen LogP contribution is 2.24. The van der Waals surface area contributed by atoms with Gasteiger partial charge in [-0.25, -0.2) is 0 Å². The smallest absolute Gasteiger partial charge is 0.119 e. The van der Waals surface area contributed by atoms with Crippen LogP contribution in [0.25, 0.3) is 0 Å². The second kappa shape index (κ2) is 4.13. The van der Waals surface area contributed by atoms with Gasteiger partial charge in [-0.15, -0.1) is 6.58 Å². The molecule has 0 unspecified atom stereocenters. The minimum atomic E-state index is 0.891. The van der Waals surface area contributed by atoms with E-state index in [1.165, 1.54) is 17.0 Å². The number of allylic oxidation sites excluding steroid dienone is 1. The highest BCUT2D eigenvalue weighted by molar-refractivity contribution is 5.45. The summed E-state index contributed by atoms with van der Waals surface area (Å²) in [7, 11) is 1.68. The van der Waals surface area contributed by atoms with Crippen LogP contribution in [0.3, 0.4) is 0 Å². The Labute approximate surface area is 80.0 Å². The third-order valence-corrected chi connectivity index (χ3v) is 2.18. The number of benzene rings is 1. The standard InChI is InChI=1S/C12H15O/c1-5-9(2)12-8-11(13-4)7-6-10(12)3/h5-8H,1H2,2-4H3. The normalized spacial score (nSPS) is 10.2. The lowest BCUT2D eigenvalue weighted by atomic mass is 9.96. The van der Waals surface area contributed by atoms with Gasteiger partial charge in [0.15, 0.2) is 0 Å². The summed E-state index contributed by atoms with van der Waals surface area (Å²) in [6.45, 7) is 7.89. The van der Waals surface area contributed by atoms with E-state index >= 15 is 0 Å². The van der Waals surface area contributed by atoms with Gasteiger partial charge in [-0.1, -0.05) is 19.1 Å². The molecule has 0 aliphatic carbocycles. The Morgan fingerprint density at radius 2 is 2.15 bits per heavy atom. The van der Waals surface area contributed by atoms with Crippen LogP contribution in [-0.2, 0) is 0 Å². The average Bonchev–Trinajstić information content (AvgIpc) is 2.17. The number of rotatable bonds is 3. The molecule has 1 aromatic carbocycles.